The quantitative estimate of drug-likeness (QED) is 0.619. The van der Waals surface area contributed by atoms with Crippen molar-refractivity contribution in [1.82, 2.24) is 0 Å². The monoisotopic (exact) mass is 299 g/mol. The molecule has 0 radical (unpaired) electrons. The van der Waals surface area contributed by atoms with Crippen LogP contribution in [0, 0.1) is 0 Å². The summed E-state index contributed by atoms with van der Waals surface area (Å²) in [6, 6.07) is 4.62. The number of anilines is 2. The second-order valence-electron chi connectivity index (χ2n) is 5.40. The lowest BCUT2D eigenvalue weighted by Gasteiger charge is -2.32. The van der Waals surface area contributed by atoms with E-state index in [4.69, 9.17) is 10.9 Å². The summed E-state index contributed by atoms with van der Waals surface area (Å²) in [7, 11) is -3.84. The molecule has 0 heterocycles. The topological polar surface area (TPSA) is 118 Å². The van der Waals surface area contributed by atoms with E-state index < -0.39 is 15.6 Å². The van der Waals surface area contributed by atoms with Gasteiger partial charge in [-0.15, -0.1) is 0 Å². The molecule has 0 saturated heterocycles. The Bertz CT molecular complexity index is 581. The van der Waals surface area contributed by atoms with E-state index in [-0.39, 0.29) is 10.6 Å². The van der Waals surface area contributed by atoms with Gasteiger partial charge in [0.2, 0.25) is 10.0 Å². The van der Waals surface area contributed by atoms with Crippen LogP contribution in [0.2, 0.25) is 0 Å². The smallest absolute Gasteiger partial charge is 0.240 e. The number of sulfonamides is 1. The van der Waals surface area contributed by atoms with E-state index in [2.05, 4.69) is 5.32 Å². The van der Waals surface area contributed by atoms with Gasteiger partial charge in [-0.1, -0.05) is 25.3 Å². The highest BCUT2D eigenvalue weighted by molar-refractivity contribution is 7.89. The van der Waals surface area contributed by atoms with E-state index in [1.165, 1.54) is 6.07 Å². The van der Waals surface area contributed by atoms with Crippen LogP contribution in [-0.4, -0.2) is 25.7 Å². The lowest BCUT2D eigenvalue weighted by molar-refractivity contribution is 0.0167. The van der Waals surface area contributed by atoms with E-state index >= 15 is 0 Å². The molecule has 112 valence electrons. The molecule has 2 rings (SSSR count). The van der Waals surface area contributed by atoms with Gasteiger partial charge in [-0.3, -0.25) is 0 Å². The van der Waals surface area contributed by atoms with Crippen molar-refractivity contribution in [3.63, 3.8) is 0 Å². The minimum absolute atomic E-state index is 0.0920. The summed E-state index contributed by atoms with van der Waals surface area (Å²) in [5.41, 5.74) is 5.65. The van der Waals surface area contributed by atoms with Crippen molar-refractivity contribution in [3.8, 4) is 0 Å². The Labute approximate surface area is 119 Å². The van der Waals surface area contributed by atoms with Crippen molar-refractivity contribution in [3.05, 3.63) is 18.2 Å². The van der Waals surface area contributed by atoms with E-state index in [9.17, 15) is 13.5 Å². The largest absolute Gasteiger partial charge is 0.396 e. The molecule has 1 saturated carbocycles. The molecule has 20 heavy (non-hydrogen) atoms. The second-order valence-corrected chi connectivity index (χ2v) is 6.93. The zero-order valence-electron chi connectivity index (χ0n) is 11.3. The molecular weight excluding hydrogens is 278 g/mol. The van der Waals surface area contributed by atoms with Crippen LogP contribution in [-0.2, 0) is 10.0 Å². The number of benzene rings is 1. The number of nitrogens with two attached hydrogens (primary N) is 2. The van der Waals surface area contributed by atoms with E-state index in [0.717, 1.165) is 32.1 Å². The highest BCUT2D eigenvalue weighted by Gasteiger charge is 2.29. The first-order valence-electron chi connectivity index (χ1n) is 6.69. The fraction of sp³-hybridized carbons (Fsp3) is 0.538. The van der Waals surface area contributed by atoms with Crippen molar-refractivity contribution in [2.24, 2.45) is 5.14 Å². The molecule has 1 aromatic carbocycles. The maximum Gasteiger partial charge on any atom is 0.240 e. The Morgan fingerprint density at radius 2 is 1.90 bits per heavy atom. The first-order chi connectivity index (χ1) is 9.32. The fourth-order valence-electron chi connectivity index (χ4n) is 2.59. The van der Waals surface area contributed by atoms with Crippen molar-refractivity contribution < 1.29 is 13.5 Å². The highest BCUT2D eigenvalue weighted by atomic mass is 32.2. The molecule has 1 aliphatic rings. The van der Waals surface area contributed by atoms with Crippen LogP contribution in [0.3, 0.4) is 0 Å². The number of nitrogen functional groups attached to an aromatic ring is 1. The molecule has 0 aliphatic heterocycles. The molecule has 1 fully saturated rings. The Hall–Kier alpha value is -1.31. The molecule has 6 N–H and O–H groups in total. The summed E-state index contributed by atoms with van der Waals surface area (Å²) in [6.45, 7) is 0.352. The minimum atomic E-state index is -3.84. The standard InChI is InChI=1S/C13H21N3O3S/c14-12-10(5-4-6-11(12)20(15,18)19)16-9-13(17)7-2-1-3-8-13/h4-6,16-17H,1-3,7-9,14H2,(H2,15,18,19). The number of hydrogen-bond acceptors (Lipinski definition) is 5. The number of rotatable bonds is 4. The summed E-state index contributed by atoms with van der Waals surface area (Å²) >= 11 is 0. The molecule has 0 aromatic heterocycles. The van der Waals surface area contributed by atoms with Gasteiger partial charge in [-0.2, -0.15) is 0 Å². The lowest BCUT2D eigenvalue weighted by atomic mass is 9.85. The fourth-order valence-corrected chi connectivity index (χ4v) is 3.28. The van der Waals surface area contributed by atoms with Crippen molar-refractivity contribution >= 4 is 21.4 Å². The summed E-state index contributed by atoms with van der Waals surface area (Å²) < 4.78 is 22.8. The van der Waals surface area contributed by atoms with Crippen LogP contribution >= 0.6 is 0 Å². The maximum atomic E-state index is 11.4. The number of hydrogen-bond donors (Lipinski definition) is 4. The zero-order valence-corrected chi connectivity index (χ0v) is 12.1. The van der Waals surface area contributed by atoms with Gasteiger partial charge < -0.3 is 16.2 Å². The average molecular weight is 299 g/mol. The molecule has 0 atom stereocenters. The zero-order chi connectivity index (χ0) is 14.8. The maximum absolute atomic E-state index is 11.4. The predicted octanol–water partition coefficient (Wildman–Crippen LogP) is 1.02. The summed E-state index contributed by atoms with van der Waals surface area (Å²) in [5.74, 6) is 0. The summed E-state index contributed by atoms with van der Waals surface area (Å²) in [5, 5.41) is 18.6. The number of aliphatic hydroxyl groups is 1. The van der Waals surface area contributed by atoms with Gasteiger partial charge in [0.05, 0.1) is 17.0 Å². The van der Waals surface area contributed by atoms with Crippen LogP contribution in [0.15, 0.2) is 23.1 Å². The van der Waals surface area contributed by atoms with Gasteiger partial charge in [0.25, 0.3) is 0 Å². The van der Waals surface area contributed by atoms with E-state index in [0.29, 0.717) is 12.2 Å². The van der Waals surface area contributed by atoms with Gasteiger partial charge in [-0.25, -0.2) is 13.6 Å². The van der Waals surface area contributed by atoms with Crippen LogP contribution in [0.25, 0.3) is 0 Å². The molecule has 1 aliphatic carbocycles. The second kappa shape index (κ2) is 5.59. The summed E-state index contributed by atoms with van der Waals surface area (Å²) in [6.07, 6.45) is 4.64. The molecule has 0 bridgehead atoms. The predicted molar refractivity (Wildman–Crippen MR) is 78.8 cm³/mol. The molecule has 6 nitrogen and oxygen atoms in total. The van der Waals surface area contributed by atoms with Crippen LogP contribution in [0.5, 0.6) is 0 Å². The Morgan fingerprint density at radius 1 is 1.25 bits per heavy atom. The SMILES string of the molecule is Nc1c(NCC2(O)CCCCC2)cccc1S(N)(=O)=O. The number of para-hydroxylation sites is 1. The Balaban J connectivity index is 2.14. The minimum Gasteiger partial charge on any atom is -0.396 e. The van der Waals surface area contributed by atoms with E-state index in [1.807, 2.05) is 0 Å². The third kappa shape index (κ3) is 3.41. The molecule has 7 heteroatoms. The van der Waals surface area contributed by atoms with Crippen LogP contribution in [0.1, 0.15) is 32.1 Å². The molecule has 0 amide bonds. The third-order valence-electron chi connectivity index (χ3n) is 3.76. The first kappa shape index (κ1) is 15.1. The Kier molecular flexibility index (Phi) is 4.22. The van der Waals surface area contributed by atoms with Crippen LogP contribution in [0.4, 0.5) is 11.4 Å². The number of nitrogens with one attached hydrogen (secondary N) is 1. The molecule has 0 spiro atoms. The molecule has 1 aromatic rings. The van der Waals surface area contributed by atoms with Gasteiger partial charge in [-0.05, 0) is 25.0 Å². The van der Waals surface area contributed by atoms with Gasteiger partial charge >= 0.3 is 0 Å². The third-order valence-corrected chi connectivity index (χ3v) is 4.73. The van der Waals surface area contributed by atoms with Crippen molar-refractivity contribution in [1.29, 1.82) is 0 Å². The lowest BCUT2D eigenvalue weighted by Crippen LogP contribution is -2.38. The molecular formula is C13H21N3O3S. The molecule has 0 unspecified atom stereocenters. The van der Waals surface area contributed by atoms with Gasteiger partial charge in [0, 0.05) is 6.54 Å². The first-order valence-corrected chi connectivity index (χ1v) is 8.24. The number of primary sulfonamides is 1. The van der Waals surface area contributed by atoms with Crippen LogP contribution < -0.4 is 16.2 Å². The summed E-state index contributed by atoms with van der Waals surface area (Å²) in [4.78, 5) is -0.0990. The Morgan fingerprint density at radius 3 is 2.50 bits per heavy atom. The van der Waals surface area contributed by atoms with Gasteiger partial charge in [0.1, 0.15) is 4.90 Å². The average Bonchev–Trinajstić information content (AvgIpc) is 2.37. The van der Waals surface area contributed by atoms with Crippen molar-refractivity contribution in [2.45, 2.75) is 42.6 Å². The van der Waals surface area contributed by atoms with Gasteiger partial charge in [0.15, 0.2) is 0 Å². The van der Waals surface area contributed by atoms with E-state index in [1.54, 1.807) is 12.1 Å². The normalized spacial score (nSPS) is 18.7. The van der Waals surface area contributed by atoms with Crippen molar-refractivity contribution in [2.75, 3.05) is 17.6 Å². The highest BCUT2D eigenvalue weighted by Crippen LogP contribution is 2.30.